The Hall–Kier alpha value is -1.02. The summed E-state index contributed by atoms with van der Waals surface area (Å²) < 4.78 is 0. The monoisotopic (exact) mass is 238 g/mol. The second-order valence-electron chi connectivity index (χ2n) is 4.49. The van der Waals surface area contributed by atoms with Crippen LogP contribution in [-0.4, -0.2) is 11.1 Å². The van der Waals surface area contributed by atoms with Crippen molar-refractivity contribution in [2.24, 2.45) is 0 Å². The van der Waals surface area contributed by atoms with Gasteiger partial charge in [0.25, 0.3) is 0 Å². The van der Waals surface area contributed by atoms with Crippen molar-refractivity contribution in [3.63, 3.8) is 0 Å². The highest BCUT2D eigenvalue weighted by atomic mass is 35.5. The molecule has 0 spiro atoms. The summed E-state index contributed by atoms with van der Waals surface area (Å²) in [6, 6.07) is 3.94. The van der Waals surface area contributed by atoms with Crippen molar-refractivity contribution in [1.29, 1.82) is 0 Å². The van der Waals surface area contributed by atoms with Crippen LogP contribution in [0.1, 0.15) is 42.4 Å². The Bertz CT molecular complexity index is 426. The summed E-state index contributed by atoms with van der Waals surface area (Å²) in [6.07, 6.45) is 3.46. The van der Waals surface area contributed by atoms with Gasteiger partial charge in [0.15, 0.2) is 0 Å². The highest BCUT2D eigenvalue weighted by Crippen LogP contribution is 2.34. The van der Waals surface area contributed by atoms with E-state index in [0.717, 1.165) is 29.8 Å². The quantitative estimate of drug-likeness (QED) is 0.876. The van der Waals surface area contributed by atoms with E-state index >= 15 is 0 Å². The lowest BCUT2D eigenvalue weighted by Crippen LogP contribution is -2.05. The molecular formula is C13H15ClO2. The molecule has 0 aliphatic heterocycles. The number of carboxylic acids is 1. The van der Waals surface area contributed by atoms with Crippen molar-refractivity contribution < 1.29 is 9.90 Å². The Morgan fingerprint density at radius 1 is 1.50 bits per heavy atom. The summed E-state index contributed by atoms with van der Waals surface area (Å²) in [7, 11) is 0. The molecule has 0 radical (unpaired) electrons. The van der Waals surface area contributed by atoms with Gasteiger partial charge in [-0.2, -0.15) is 0 Å². The first kappa shape index (κ1) is 11.5. The Labute approximate surface area is 100 Å². The van der Waals surface area contributed by atoms with Gasteiger partial charge in [-0.15, -0.1) is 0 Å². The van der Waals surface area contributed by atoms with Crippen molar-refractivity contribution in [3.8, 4) is 0 Å². The van der Waals surface area contributed by atoms with Crippen molar-refractivity contribution >= 4 is 17.6 Å². The van der Waals surface area contributed by atoms with Gasteiger partial charge in [0.1, 0.15) is 0 Å². The molecule has 2 nitrogen and oxygen atoms in total. The topological polar surface area (TPSA) is 37.3 Å². The van der Waals surface area contributed by atoms with E-state index in [9.17, 15) is 4.79 Å². The van der Waals surface area contributed by atoms with Crippen LogP contribution < -0.4 is 0 Å². The molecule has 2 rings (SSSR count). The van der Waals surface area contributed by atoms with E-state index in [1.807, 2.05) is 19.1 Å². The van der Waals surface area contributed by atoms with Crippen molar-refractivity contribution in [1.82, 2.24) is 0 Å². The Morgan fingerprint density at radius 3 is 2.94 bits per heavy atom. The van der Waals surface area contributed by atoms with Crippen LogP contribution in [0.3, 0.4) is 0 Å². The van der Waals surface area contributed by atoms with E-state index < -0.39 is 5.97 Å². The van der Waals surface area contributed by atoms with Gasteiger partial charge in [-0.3, -0.25) is 4.79 Å². The fourth-order valence-electron chi connectivity index (χ4n) is 2.51. The molecule has 0 saturated heterocycles. The maximum atomic E-state index is 10.7. The maximum Gasteiger partial charge on any atom is 0.303 e. The zero-order valence-corrected chi connectivity index (χ0v) is 10.0. The van der Waals surface area contributed by atoms with Crippen molar-refractivity contribution in [2.75, 3.05) is 0 Å². The van der Waals surface area contributed by atoms with Crippen LogP contribution in [0, 0.1) is 0 Å². The molecule has 0 aromatic heterocycles. The standard InChI is InChI=1S/C13H15ClO2/c1-8(5-13(15)16)12-7-10(14)6-9-3-2-4-11(9)12/h6-8H,2-5H2,1H3,(H,15,16). The smallest absolute Gasteiger partial charge is 0.303 e. The minimum absolute atomic E-state index is 0.0445. The van der Waals surface area contributed by atoms with E-state index in [1.165, 1.54) is 11.1 Å². The zero-order valence-electron chi connectivity index (χ0n) is 9.29. The average molecular weight is 239 g/mol. The second-order valence-corrected chi connectivity index (χ2v) is 4.92. The number of hydrogen-bond acceptors (Lipinski definition) is 1. The minimum Gasteiger partial charge on any atom is -0.481 e. The number of hydrogen-bond donors (Lipinski definition) is 1. The predicted octanol–water partition coefficient (Wildman–Crippen LogP) is 3.41. The third-order valence-corrected chi connectivity index (χ3v) is 3.44. The molecule has 0 saturated carbocycles. The molecule has 16 heavy (non-hydrogen) atoms. The van der Waals surface area contributed by atoms with E-state index in [2.05, 4.69) is 0 Å². The van der Waals surface area contributed by atoms with Gasteiger partial charge in [-0.1, -0.05) is 18.5 Å². The molecule has 0 bridgehead atoms. The molecule has 86 valence electrons. The number of carbonyl (C=O) groups is 1. The maximum absolute atomic E-state index is 10.7. The van der Waals surface area contributed by atoms with Gasteiger partial charge in [-0.05, 0) is 54.0 Å². The SMILES string of the molecule is CC(CC(=O)O)c1cc(Cl)cc2c1CCC2. The van der Waals surface area contributed by atoms with Gasteiger partial charge < -0.3 is 5.11 Å². The van der Waals surface area contributed by atoms with Gasteiger partial charge in [0, 0.05) is 5.02 Å². The molecule has 1 aliphatic carbocycles. The van der Waals surface area contributed by atoms with Crippen LogP contribution in [0.25, 0.3) is 0 Å². The molecule has 1 aromatic carbocycles. The van der Waals surface area contributed by atoms with Gasteiger partial charge in [0.2, 0.25) is 0 Å². The van der Waals surface area contributed by atoms with Gasteiger partial charge in [0.05, 0.1) is 6.42 Å². The normalized spacial score (nSPS) is 15.9. The summed E-state index contributed by atoms with van der Waals surface area (Å²) in [6.45, 7) is 1.96. The largest absolute Gasteiger partial charge is 0.481 e. The lowest BCUT2D eigenvalue weighted by atomic mass is 9.91. The van der Waals surface area contributed by atoms with E-state index in [4.69, 9.17) is 16.7 Å². The van der Waals surface area contributed by atoms with Crippen LogP contribution in [0.2, 0.25) is 5.02 Å². The van der Waals surface area contributed by atoms with Gasteiger partial charge >= 0.3 is 5.97 Å². The molecule has 1 N–H and O–H groups in total. The van der Waals surface area contributed by atoms with E-state index in [1.54, 1.807) is 0 Å². The lowest BCUT2D eigenvalue weighted by molar-refractivity contribution is -0.137. The third-order valence-electron chi connectivity index (χ3n) is 3.23. The number of aliphatic carboxylic acids is 1. The second kappa shape index (κ2) is 4.46. The highest BCUT2D eigenvalue weighted by Gasteiger charge is 2.20. The Balaban J connectivity index is 2.36. The number of fused-ring (bicyclic) bond motifs is 1. The molecule has 1 aromatic rings. The fraction of sp³-hybridized carbons (Fsp3) is 0.462. The van der Waals surface area contributed by atoms with Crippen molar-refractivity contribution in [3.05, 3.63) is 33.8 Å². The molecule has 0 heterocycles. The summed E-state index contributed by atoms with van der Waals surface area (Å²) in [5, 5.41) is 9.56. The highest BCUT2D eigenvalue weighted by molar-refractivity contribution is 6.30. The first-order valence-electron chi connectivity index (χ1n) is 5.61. The van der Waals surface area contributed by atoms with Crippen molar-refractivity contribution in [2.45, 2.75) is 38.5 Å². The molecular weight excluding hydrogens is 224 g/mol. The minimum atomic E-state index is -0.751. The number of aryl methyl sites for hydroxylation is 1. The third kappa shape index (κ3) is 2.22. The first-order chi connectivity index (χ1) is 7.58. The summed E-state index contributed by atoms with van der Waals surface area (Å²) >= 11 is 6.06. The first-order valence-corrected chi connectivity index (χ1v) is 5.98. The Morgan fingerprint density at radius 2 is 2.25 bits per heavy atom. The van der Waals surface area contributed by atoms with E-state index in [0.29, 0.717) is 0 Å². The van der Waals surface area contributed by atoms with Crippen LogP contribution in [0.15, 0.2) is 12.1 Å². The summed E-state index contributed by atoms with van der Waals surface area (Å²) in [5.41, 5.74) is 3.76. The van der Waals surface area contributed by atoms with Crippen LogP contribution in [0.4, 0.5) is 0 Å². The summed E-state index contributed by atoms with van der Waals surface area (Å²) in [5.74, 6) is -0.706. The fourth-order valence-corrected chi connectivity index (χ4v) is 2.76. The molecule has 0 fully saturated rings. The van der Waals surface area contributed by atoms with Crippen LogP contribution in [-0.2, 0) is 17.6 Å². The van der Waals surface area contributed by atoms with Gasteiger partial charge in [-0.25, -0.2) is 0 Å². The van der Waals surface area contributed by atoms with Crippen LogP contribution >= 0.6 is 11.6 Å². The number of halogens is 1. The van der Waals surface area contributed by atoms with Crippen LogP contribution in [0.5, 0.6) is 0 Å². The predicted molar refractivity (Wildman–Crippen MR) is 64.1 cm³/mol. The number of carboxylic acid groups (broad SMARTS) is 1. The molecule has 3 heteroatoms. The molecule has 1 aliphatic rings. The molecule has 1 unspecified atom stereocenters. The average Bonchev–Trinajstić information content (AvgIpc) is 2.62. The number of benzene rings is 1. The molecule has 1 atom stereocenters. The lowest BCUT2D eigenvalue weighted by Gasteiger charge is -2.15. The summed E-state index contributed by atoms with van der Waals surface area (Å²) in [4.78, 5) is 10.7. The zero-order chi connectivity index (χ0) is 11.7. The number of rotatable bonds is 3. The molecule has 0 amide bonds. The Kier molecular flexibility index (Phi) is 3.20. The van der Waals surface area contributed by atoms with E-state index in [-0.39, 0.29) is 12.3 Å².